The number of hydrogen-bond donors (Lipinski definition) is 0. The predicted octanol–water partition coefficient (Wildman–Crippen LogP) is 1.85. The van der Waals surface area contributed by atoms with Gasteiger partial charge in [0.05, 0.1) is 18.1 Å². The SMILES string of the molecule is CCOc1cc(Cn2nc3ccccn3c2=O)ccc1[N+](=O)[O-]. The van der Waals surface area contributed by atoms with E-state index in [9.17, 15) is 14.9 Å². The molecule has 0 unspecified atom stereocenters. The molecule has 0 atom stereocenters. The molecule has 1 aromatic carbocycles. The maximum Gasteiger partial charge on any atom is 0.350 e. The van der Waals surface area contributed by atoms with Crippen LogP contribution in [-0.4, -0.2) is 25.7 Å². The Balaban J connectivity index is 1.98. The number of benzene rings is 1. The highest BCUT2D eigenvalue weighted by molar-refractivity contribution is 5.48. The maximum absolute atomic E-state index is 12.2. The van der Waals surface area contributed by atoms with Crippen molar-refractivity contribution in [3.63, 3.8) is 0 Å². The van der Waals surface area contributed by atoms with Crippen LogP contribution in [0.15, 0.2) is 47.4 Å². The van der Waals surface area contributed by atoms with Gasteiger partial charge in [0.15, 0.2) is 11.4 Å². The highest BCUT2D eigenvalue weighted by Crippen LogP contribution is 2.28. The third-order valence-corrected chi connectivity index (χ3v) is 3.34. The van der Waals surface area contributed by atoms with E-state index in [1.807, 2.05) is 0 Å². The molecule has 0 spiro atoms. The third kappa shape index (κ3) is 2.78. The van der Waals surface area contributed by atoms with E-state index >= 15 is 0 Å². The van der Waals surface area contributed by atoms with Gasteiger partial charge >= 0.3 is 11.4 Å². The lowest BCUT2D eigenvalue weighted by Crippen LogP contribution is -2.21. The summed E-state index contributed by atoms with van der Waals surface area (Å²) in [6.07, 6.45) is 1.64. The average Bonchev–Trinajstić information content (AvgIpc) is 2.84. The van der Waals surface area contributed by atoms with Crippen molar-refractivity contribution in [2.24, 2.45) is 0 Å². The number of ether oxygens (including phenoxy) is 1. The van der Waals surface area contributed by atoms with Crippen LogP contribution in [0.25, 0.3) is 5.65 Å². The molecular formula is C15H14N4O4. The summed E-state index contributed by atoms with van der Waals surface area (Å²) in [6, 6.07) is 9.82. The number of nitro groups is 1. The van der Waals surface area contributed by atoms with E-state index in [2.05, 4.69) is 5.10 Å². The van der Waals surface area contributed by atoms with Crippen molar-refractivity contribution in [1.82, 2.24) is 14.2 Å². The molecule has 0 amide bonds. The fraction of sp³-hybridized carbons (Fsp3) is 0.200. The molecule has 0 saturated heterocycles. The zero-order valence-electron chi connectivity index (χ0n) is 12.4. The molecule has 8 nitrogen and oxygen atoms in total. The van der Waals surface area contributed by atoms with Gasteiger partial charge in [-0.2, -0.15) is 0 Å². The van der Waals surface area contributed by atoms with Crippen LogP contribution in [0.5, 0.6) is 5.75 Å². The number of nitrogens with zero attached hydrogens (tertiary/aromatic N) is 4. The number of hydrogen-bond acceptors (Lipinski definition) is 5. The quantitative estimate of drug-likeness (QED) is 0.529. The van der Waals surface area contributed by atoms with Crippen LogP contribution in [0.2, 0.25) is 0 Å². The highest BCUT2D eigenvalue weighted by Gasteiger charge is 2.16. The molecule has 3 rings (SSSR count). The molecule has 8 heteroatoms. The van der Waals surface area contributed by atoms with E-state index in [4.69, 9.17) is 4.74 Å². The minimum atomic E-state index is -0.494. The molecule has 0 aliphatic carbocycles. The van der Waals surface area contributed by atoms with Crippen molar-refractivity contribution in [1.29, 1.82) is 0 Å². The van der Waals surface area contributed by atoms with Crippen LogP contribution in [0, 0.1) is 10.1 Å². The number of fused-ring (bicyclic) bond motifs is 1. The molecule has 0 bridgehead atoms. The average molecular weight is 314 g/mol. The van der Waals surface area contributed by atoms with E-state index in [0.29, 0.717) is 17.8 Å². The predicted molar refractivity (Wildman–Crippen MR) is 82.8 cm³/mol. The fourth-order valence-electron chi connectivity index (χ4n) is 2.32. The minimum Gasteiger partial charge on any atom is -0.487 e. The van der Waals surface area contributed by atoms with Gasteiger partial charge in [0.1, 0.15) is 0 Å². The van der Waals surface area contributed by atoms with Crippen LogP contribution in [0.3, 0.4) is 0 Å². The molecular weight excluding hydrogens is 300 g/mol. The van der Waals surface area contributed by atoms with Crippen molar-refractivity contribution in [2.75, 3.05) is 6.61 Å². The summed E-state index contributed by atoms with van der Waals surface area (Å²) >= 11 is 0. The lowest BCUT2D eigenvalue weighted by atomic mass is 10.2. The standard InChI is InChI=1S/C15H14N4O4/c1-2-23-13-9-11(6-7-12(13)19(21)22)10-18-15(20)17-8-4-3-5-14(17)16-18/h3-9H,2,10H2,1H3. The zero-order valence-corrected chi connectivity index (χ0v) is 12.4. The second kappa shape index (κ2) is 5.91. The molecule has 0 aliphatic rings. The normalized spacial score (nSPS) is 10.8. The first-order valence-corrected chi connectivity index (χ1v) is 7.04. The summed E-state index contributed by atoms with van der Waals surface area (Å²) in [5.74, 6) is 0.187. The minimum absolute atomic E-state index is 0.0991. The molecule has 23 heavy (non-hydrogen) atoms. The van der Waals surface area contributed by atoms with Gasteiger partial charge in [-0.05, 0) is 30.7 Å². The molecule has 0 radical (unpaired) electrons. The summed E-state index contributed by atoms with van der Waals surface area (Å²) in [4.78, 5) is 22.7. The van der Waals surface area contributed by atoms with Gasteiger partial charge in [-0.15, -0.1) is 5.10 Å². The van der Waals surface area contributed by atoms with Crippen molar-refractivity contribution < 1.29 is 9.66 Å². The molecule has 0 aliphatic heterocycles. The Bertz CT molecular complexity index is 929. The Morgan fingerprint density at radius 3 is 2.83 bits per heavy atom. The van der Waals surface area contributed by atoms with Crippen LogP contribution in [0.4, 0.5) is 5.69 Å². The van der Waals surface area contributed by atoms with Crippen LogP contribution in [-0.2, 0) is 6.54 Å². The first-order valence-electron chi connectivity index (χ1n) is 7.04. The van der Waals surface area contributed by atoms with Gasteiger partial charge in [-0.3, -0.25) is 14.5 Å². The highest BCUT2D eigenvalue weighted by atomic mass is 16.6. The lowest BCUT2D eigenvalue weighted by Gasteiger charge is -2.06. The number of nitro benzene ring substituents is 1. The Hall–Kier alpha value is -3.16. The molecule has 0 fully saturated rings. The summed E-state index contributed by atoms with van der Waals surface area (Å²) in [5.41, 5.74) is 0.879. The summed E-state index contributed by atoms with van der Waals surface area (Å²) in [5, 5.41) is 15.2. The summed E-state index contributed by atoms with van der Waals surface area (Å²) in [6.45, 7) is 2.28. The van der Waals surface area contributed by atoms with Gasteiger partial charge in [0, 0.05) is 12.3 Å². The van der Waals surface area contributed by atoms with E-state index < -0.39 is 4.92 Å². The number of aromatic nitrogens is 3. The Labute approximate surface area is 130 Å². The van der Waals surface area contributed by atoms with E-state index in [1.54, 1.807) is 43.5 Å². The Kier molecular flexibility index (Phi) is 3.80. The summed E-state index contributed by atoms with van der Waals surface area (Å²) < 4.78 is 8.06. The number of rotatable bonds is 5. The molecule has 0 N–H and O–H groups in total. The third-order valence-electron chi connectivity index (χ3n) is 3.34. The largest absolute Gasteiger partial charge is 0.487 e. The first kappa shape index (κ1) is 14.8. The topological polar surface area (TPSA) is 91.7 Å². The van der Waals surface area contributed by atoms with Gasteiger partial charge < -0.3 is 4.74 Å². The van der Waals surface area contributed by atoms with Crippen molar-refractivity contribution in [3.05, 3.63) is 68.8 Å². The molecule has 118 valence electrons. The van der Waals surface area contributed by atoms with Gasteiger partial charge in [0.25, 0.3) is 0 Å². The van der Waals surface area contributed by atoms with Crippen LogP contribution >= 0.6 is 0 Å². The molecule has 3 aromatic rings. The van der Waals surface area contributed by atoms with Crippen molar-refractivity contribution >= 4 is 11.3 Å². The zero-order chi connectivity index (χ0) is 16.4. The molecule has 0 saturated carbocycles. The van der Waals surface area contributed by atoms with E-state index in [0.717, 1.165) is 0 Å². The first-order chi connectivity index (χ1) is 11.1. The van der Waals surface area contributed by atoms with Crippen molar-refractivity contribution in [3.8, 4) is 5.75 Å². The van der Waals surface area contributed by atoms with E-state index in [-0.39, 0.29) is 23.7 Å². The Morgan fingerprint density at radius 1 is 1.30 bits per heavy atom. The maximum atomic E-state index is 12.2. The monoisotopic (exact) mass is 314 g/mol. The van der Waals surface area contributed by atoms with Gasteiger partial charge in [-0.1, -0.05) is 12.1 Å². The van der Waals surface area contributed by atoms with Crippen LogP contribution < -0.4 is 10.4 Å². The number of pyridine rings is 1. The van der Waals surface area contributed by atoms with Gasteiger partial charge in [-0.25, -0.2) is 9.48 Å². The molecule has 2 heterocycles. The Morgan fingerprint density at radius 2 is 2.13 bits per heavy atom. The van der Waals surface area contributed by atoms with Gasteiger partial charge in [0.2, 0.25) is 0 Å². The molecule has 2 aromatic heterocycles. The van der Waals surface area contributed by atoms with Crippen LogP contribution in [0.1, 0.15) is 12.5 Å². The second-order valence-electron chi connectivity index (χ2n) is 4.86. The fourth-order valence-corrected chi connectivity index (χ4v) is 2.32. The second-order valence-corrected chi connectivity index (χ2v) is 4.86. The summed E-state index contributed by atoms with van der Waals surface area (Å²) in [7, 11) is 0. The van der Waals surface area contributed by atoms with E-state index in [1.165, 1.54) is 15.1 Å². The lowest BCUT2D eigenvalue weighted by molar-refractivity contribution is -0.385. The smallest absolute Gasteiger partial charge is 0.350 e. The van der Waals surface area contributed by atoms with Crippen molar-refractivity contribution in [2.45, 2.75) is 13.5 Å².